The van der Waals surface area contributed by atoms with Crippen molar-refractivity contribution in [3.63, 3.8) is 0 Å². The van der Waals surface area contributed by atoms with Crippen molar-refractivity contribution in [2.24, 2.45) is 0 Å². The van der Waals surface area contributed by atoms with Gasteiger partial charge in [-0.3, -0.25) is 4.40 Å². The van der Waals surface area contributed by atoms with E-state index < -0.39 is 19.1 Å². The largest absolute Gasteiger partial charge is 0.393 e. The first-order valence-electron chi connectivity index (χ1n) is 5.60. The van der Waals surface area contributed by atoms with Crippen molar-refractivity contribution in [1.29, 1.82) is 0 Å². The fourth-order valence-electron chi connectivity index (χ4n) is 1.61. The van der Waals surface area contributed by atoms with Crippen LogP contribution in [0.1, 0.15) is 12.1 Å². The Kier molecular flexibility index (Phi) is 4.62. The van der Waals surface area contributed by atoms with Crippen LogP contribution in [0.4, 0.5) is 8.78 Å². The van der Waals surface area contributed by atoms with E-state index in [0.717, 1.165) is 10.7 Å². The van der Waals surface area contributed by atoms with Crippen LogP contribution in [0.25, 0.3) is 4.96 Å². The molecule has 2 heterocycles. The van der Waals surface area contributed by atoms with Gasteiger partial charge in [-0.2, -0.15) is 0 Å². The van der Waals surface area contributed by atoms with Gasteiger partial charge < -0.3 is 9.84 Å². The molecule has 2 aromatic heterocycles. The SMILES string of the molecule is OC(CCOCC(F)F)Cc1cn2ccsc2n1. The molecule has 7 heteroatoms. The van der Waals surface area contributed by atoms with Gasteiger partial charge in [0, 0.05) is 30.8 Å². The summed E-state index contributed by atoms with van der Waals surface area (Å²) in [6.45, 7) is -0.444. The third kappa shape index (κ3) is 3.72. The molecule has 0 saturated heterocycles. The van der Waals surface area contributed by atoms with E-state index in [1.807, 2.05) is 22.2 Å². The van der Waals surface area contributed by atoms with Gasteiger partial charge in [0.05, 0.1) is 11.8 Å². The van der Waals surface area contributed by atoms with Gasteiger partial charge in [0.1, 0.15) is 6.61 Å². The number of halogens is 2. The molecule has 0 radical (unpaired) electrons. The Bertz CT molecular complexity index is 458. The van der Waals surface area contributed by atoms with E-state index in [1.54, 1.807) is 0 Å². The van der Waals surface area contributed by atoms with Crippen LogP contribution in [0.15, 0.2) is 17.8 Å². The summed E-state index contributed by atoms with van der Waals surface area (Å²) >= 11 is 1.52. The lowest BCUT2D eigenvalue weighted by Crippen LogP contribution is -2.15. The molecule has 100 valence electrons. The number of alkyl halides is 2. The zero-order valence-corrected chi connectivity index (χ0v) is 10.4. The van der Waals surface area contributed by atoms with E-state index in [-0.39, 0.29) is 6.61 Å². The number of fused-ring (bicyclic) bond motifs is 1. The molecule has 0 bridgehead atoms. The standard InChI is InChI=1S/C11H14F2N2O2S/c12-10(13)7-17-3-1-9(16)5-8-6-15-2-4-18-11(15)14-8/h2,4,6,9-10,16H,1,3,5,7H2. The average molecular weight is 276 g/mol. The van der Waals surface area contributed by atoms with E-state index in [0.29, 0.717) is 12.8 Å². The maximum Gasteiger partial charge on any atom is 0.261 e. The van der Waals surface area contributed by atoms with Gasteiger partial charge in [-0.25, -0.2) is 13.8 Å². The van der Waals surface area contributed by atoms with Crippen LogP contribution in [0.5, 0.6) is 0 Å². The first kappa shape index (κ1) is 13.4. The summed E-state index contributed by atoms with van der Waals surface area (Å²) in [5.74, 6) is 0. The molecule has 1 unspecified atom stereocenters. The molecule has 4 nitrogen and oxygen atoms in total. The molecule has 0 saturated carbocycles. The highest BCUT2D eigenvalue weighted by molar-refractivity contribution is 7.15. The lowest BCUT2D eigenvalue weighted by atomic mass is 10.1. The quantitative estimate of drug-likeness (QED) is 0.786. The third-order valence-corrected chi connectivity index (χ3v) is 3.20. The van der Waals surface area contributed by atoms with Crippen LogP contribution in [0, 0.1) is 0 Å². The number of ether oxygens (including phenoxy) is 1. The predicted molar refractivity (Wildman–Crippen MR) is 64.2 cm³/mol. The number of aliphatic hydroxyl groups excluding tert-OH is 1. The van der Waals surface area contributed by atoms with Crippen LogP contribution in [-0.4, -0.2) is 40.2 Å². The van der Waals surface area contributed by atoms with Crippen molar-refractivity contribution in [2.75, 3.05) is 13.2 Å². The minimum atomic E-state index is -2.46. The van der Waals surface area contributed by atoms with Gasteiger partial charge in [-0.15, -0.1) is 11.3 Å². The van der Waals surface area contributed by atoms with Crippen LogP contribution in [0.3, 0.4) is 0 Å². The molecule has 2 aromatic rings. The maximum atomic E-state index is 11.8. The highest BCUT2D eigenvalue weighted by Crippen LogP contribution is 2.13. The van der Waals surface area contributed by atoms with Gasteiger partial charge in [0.25, 0.3) is 6.43 Å². The van der Waals surface area contributed by atoms with Gasteiger partial charge >= 0.3 is 0 Å². The van der Waals surface area contributed by atoms with Gasteiger partial charge in [-0.05, 0) is 6.42 Å². The summed E-state index contributed by atoms with van der Waals surface area (Å²) in [5.41, 5.74) is 0.795. The lowest BCUT2D eigenvalue weighted by molar-refractivity contribution is 0.00505. The summed E-state index contributed by atoms with van der Waals surface area (Å²) in [6, 6.07) is 0. The molecule has 2 rings (SSSR count). The Balaban J connectivity index is 1.73. The number of nitrogens with zero attached hydrogens (tertiary/aromatic N) is 2. The number of imidazole rings is 1. The van der Waals surface area contributed by atoms with E-state index in [2.05, 4.69) is 4.98 Å². The molecular weight excluding hydrogens is 262 g/mol. The molecule has 1 atom stereocenters. The number of rotatable bonds is 7. The van der Waals surface area contributed by atoms with Crippen molar-refractivity contribution in [2.45, 2.75) is 25.4 Å². The lowest BCUT2D eigenvalue weighted by Gasteiger charge is -2.09. The Labute approximate surface area is 107 Å². The molecule has 18 heavy (non-hydrogen) atoms. The van der Waals surface area contributed by atoms with Gasteiger partial charge in [0.15, 0.2) is 4.96 Å². The van der Waals surface area contributed by atoms with E-state index in [4.69, 9.17) is 4.74 Å². The fourth-order valence-corrected chi connectivity index (χ4v) is 2.33. The summed E-state index contributed by atoms with van der Waals surface area (Å²) in [5, 5.41) is 11.6. The molecule has 0 amide bonds. The number of hydrogen-bond acceptors (Lipinski definition) is 4. The molecule has 0 aliphatic heterocycles. The number of aromatic nitrogens is 2. The average Bonchev–Trinajstić information content (AvgIpc) is 2.84. The fraction of sp³-hybridized carbons (Fsp3) is 0.545. The number of aliphatic hydroxyl groups is 1. The zero-order valence-electron chi connectivity index (χ0n) is 9.63. The van der Waals surface area contributed by atoms with Crippen molar-refractivity contribution >= 4 is 16.3 Å². The zero-order chi connectivity index (χ0) is 13.0. The summed E-state index contributed by atoms with van der Waals surface area (Å²) in [4.78, 5) is 5.21. The Hall–Kier alpha value is -1.05. The second-order valence-corrected chi connectivity index (χ2v) is 4.81. The van der Waals surface area contributed by atoms with Crippen LogP contribution in [0.2, 0.25) is 0 Å². The van der Waals surface area contributed by atoms with Crippen LogP contribution < -0.4 is 0 Å². The Morgan fingerprint density at radius 2 is 2.33 bits per heavy atom. The van der Waals surface area contributed by atoms with Crippen LogP contribution >= 0.6 is 11.3 Å². The highest BCUT2D eigenvalue weighted by atomic mass is 32.1. The Morgan fingerprint density at radius 1 is 1.50 bits per heavy atom. The smallest absolute Gasteiger partial charge is 0.261 e. The summed E-state index contributed by atoms with van der Waals surface area (Å²) in [6.07, 6.45) is 1.42. The van der Waals surface area contributed by atoms with E-state index in [1.165, 1.54) is 11.3 Å². The predicted octanol–water partition coefficient (Wildman–Crippen LogP) is 1.97. The van der Waals surface area contributed by atoms with Gasteiger partial charge in [0.2, 0.25) is 0 Å². The Morgan fingerprint density at radius 3 is 3.06 bits per heavy atom. The minimum absolute atomic E-state index is 0.133. The van der Waals surface area contributed by atoms with Crippen molar-refractivity contribution in [3.05, 3.63) is 23.5 Å². The second kappa shape index (κ2) is 6.21. The first-order chi connectivity index (χ1) is 8.65. The molecule has 0 spiro atoms. The monoisotopic (exact) mass is 276 g/mol. The topological polar surface area (TPSA) is 46.8 Å². The molecule has 1 N–H and O–H groups in total. The highest BCUT2D eigenvalue weighted by Gasteiger charge is 2.10. The van der Waals surface area contributed by atoms with Crippen molar-refractivity contribution in [3.8, 4) is 0 Å². The molecule has 0 aliphatic carbocycles. The second-order valence-electron chi connectivity index (χ2n) is 3.94. The normalized spacial score (nSPS) is 13.6. The van der Waals surface area contributed by atoms with E-state index in [9.17, 15) is 13.9 Å². The van der Waals surface area contributed by atoms with Crippen molar-refractivity contribution < 1.29 is 18.6 Å². The summed E-state index contributed by atoms with van der Waals surface area (Å²) < 4.78 is 30.2. The number of hydrogen-bond donors (Lipinski definition) is 1. The molecule has 0 aromatic carbocycles. The van der Waals surface area contributed by atoms with Gasteiger partial charge in [-0.1, -0.05) is 0 Å². The number of thiazole rings is 1. The molecule has 0 fully saturated rings. The minimum Gasteiger partial charge on any atom is -0.393 e. The molecule has 0 aliphatic rings. The van der Waals surface area contributed by atoms with Crippen molar-refractivity contribution in [1.82, 2.24) is 9.38 Å². The first-order valence-corrected chi connectivity index (χ1v) is 6.48. The third-order valence-electron chi connectivity index (χ3n) is 2.43. The maximum absolute atomic E-state index is 11.8. The molecular formula is C11H14F2N2O2S. The van der Waals surface area contributed by atoms with E-state index >= 15 is 0 Å². The van der Waals surface area contributed by atoms with Crippen LogP contribution in [-0.2, 0) is 11.2 Å². The summed E-state index contributed by atoms with van der Waals surface area (Å²) in [7, 11) is 0.